The van der Waals surface area contributed by atoms with E-state index in [1.165, 1.54) is 0 Å². The minimum Gasteiger partial charge on any atom is -0.392 e. The SMILES string of the molecule is CC(NCc1cccc(CO)c1)C(=O)N(C)C. The van der Waals surface area contributed by atoms with Gasteiger partial charge in [0.15, 0.2) is 0 Å². The zero-order valence-electron chi connectivity index (χ0n) is 10.6. The smallest absolute Gasteiger partial charge is 0.238 e. The molecule has 0 spiro atoms. The molecule has 0 bridgehead atoms. The highest BCUT2D eigenvalue weighted by Crippen LogP contribution is 2.05. The van der Waals surface area contributed by atoms with E-state index in [1.807, 2.05) is 31.2 Å². The van der Waals surface area contributed by atoms with Crippen molar-refractivity contribution in [2.75, 3.05) is 14.1 Å². The number of hydrogen-bond donors (Lipinski definition) is 2. The lowest BCUT2D eigenvalue weighted by Gasteiger charge is -2.18. The summed E-state index contributed by atoms with van der Waals surface area (Å²) in [6.07, 6.45) is 0. The van der Waals surface area contributed by atoms with Crippen molar-refractivity contribution in [2.24, 2.45) is 0 Å². The number of nitrogens with zero attached hydrogens (tertiary/aromatic N) is 1. The Morgan fingerprint density at radius 2 is 2.06 bits per heavy atom. The number of aliphatic hydroxyl groups excluding tert-OH is 1. The third kappa shape index (κ3) is 4.17. The maximum Gasteiger partial charge on any atom is 0.238 e. The molecule has 0 radical (unpaired) electrons. The Morgan fingerprint density at radius 1 is 1.41 bits per heavy atom. The second-order valence-electron chi connectivity index (χ2n) is 4.31. The van der Waals surface area contributed by atoms with Gasteiger partial charge in [0.1, 0.15) is 0 Å². The van der Waals surface area contributed by atoms with E-state index in [9.17, 15) is 4.79 Å². The Balaban J connectivity index is 2.52. The fourth-order valence-corrected chi connectivity index (χ4v) is 1.58. The molecule has 1 aromatic carbocycles. The standard InChI is InChI=1S/C13H20N2O2/c1-10(13(17)15(2)3)14-8-11-5-4-6-12(7-11)9-16/h4-7,10,14,16H,8-9H2,1-3H3. The van der Waals surface area contributed by atoms with Gasteiger partial charge in [0.2, 0.25) is 5.91 Å². The number of carbonyl (C=O) groups excluding carboxylic acids is 1. The van der Waals surface area contributed by atoms with Crippen molar-refractivity contribution in [2.45, 2.75) is 26.1 Å². The molecule has 1 amide bonds. The predicted octanol–water partition coefficient (Wildman–Crippen LogP) is 0.745. The number of hydrogen-bond acceptors (Lipinski definition) is 3. The van der Waals surface area contributed by atoms with Crippen molar-refractivity contribution in [3.05, 3.63) is 35.4 Å². The van der Waals surface area contributed by atoms with E-state index in [1.54, 1.807) is 19.0 Å². The topological polar surface area (TPSA) is 52.6 Å². The Hall–Kier alpha value is -1.39. The fraction of sp³-hybridized carbons (Fsp3) is 0.462. The molecule has 1 atom stereocenters. The maximum atomic E-state index is 11.6. The summed E-state index contributed by atoms with van der Waals surface area (Å²) in [4.78, 5) is 13.2. The molecule has 0 heterocycles. The highest BCUT2D eigenvalue weighted by molar-refractivity contribution is 5.80. The van der Waals surface area contributed by atoms with Crippen LogP contribution in [0.5, 0.6) is 0 Å². The third-order valence-electron chi connectivity index (χ3n) is 2.60. The Morgan fingerprint density at radius 3 is 2.65 bits per heavy atom. The first-order valence-corrected chi connectivity index (χ1v) is 5.68. The Bertz CT molecular complexity index is 377. The van der Waals surface area contributed by atoms with Gasteiger partial charge in [-0.05, 0) is 18.1 Å². The average molecular weight is 236 g/mol. The minimum atomic E-state index is -0.206. The van der Waals surface area contributed by atoms with Gasteiger partial charge in [-0.2, -0.15) is 0 Å². The fourth-order valence-electron chi connectivity index (χ4n) is 1.58. The van der Waals surface area contributed by atoms with Crippen molar-refractivity contribution >= 4 is 5.91 Å². The van der Waals surface area contributed by atoms with E-state index in [2.05, 4.69) is 5.32 Å². The van der Waals surface area contributed by atoms with Crippen molar-refractivity contribution in [1.82, 2.24) is 10.2 Å². The lowest BCUT2D eigenvalue weighted by Crippen LogP contribution is -2.41. The number of nitrogens with one attached hydrogen (secondary N) is 1. The maximum absolute atomic E-state index is 11.6. The van der Waals surface area contributed by atoms with Crippen LogP contribution in [0, 0.1) is 0 Å². The van der Waals surface area contributed by atoms with Gasteiger partial charge in [-0.3, -0.25) is 4.79 Å². The summed E-state index contributed by atoms with van der Waals surface area (Å²) >= 11 is 0. The van der Waals surface area contributed by atoms with Gasteiger partial charge in [-0.15, -0.1) is 0 Å². The average Bonchev–Trinajstić information content (AvgIpc) is 2.35. The molecule has 4 heteroatoms. The number of carbonyl (C=O) groups is 1. The molecule has 0 aliphatic heterocycles. The molecule has 17 heavy (non-hydrogen) atoms. The summed E-state index contributed by atoms with van der Waals surface area (Å²) in [5, 5.41) is 12.2. The van der Waals surface area contributed by atoms with Gasteiger partial charge in [0, 0.05) is 20.6 Å². The second-order valence-corrected chi connectivity index (χ2v) is 4.31. The van der Waals surface area contributed by atoms with E-state index in [-0.39, 0.29) is 18.6 Å². The van der Waals surface area contributed by atoms with E-state index in [4.69, 9.17) is 5.11 Å². The van der Waals surface area contributed by atoms with Crippen molar-refractivity contribution in [1.29, 1.82) is 0 Å². The zero-order valence-corrected chi connectivity index (χ0v) is 10.6. The van der Waals surface area contributed by atoms with Crippen LogP contribution in [-0.4, -0.2) is 36.1 Å². The van der Waals surface area contributed by atoms with Crippen LogP contribution in [-0.2, 0) is 17.9 Å². The lowest BCUT2D eigenvalue weighted by molar-refractivity contribution is -0.130. The van der Waals surface area contributed by atoms with Crippen LogP contribution >= 0.6 is 0 Å². The highest BCUT2D eigenvalue weighted by atomic mass is 16.3. The minimum absolute atomic E-state index is 0.0417. The largest absolute Gasteiger partial charge is 0.392 e. The van der Waals surface area contributed by atoms with E-state index in [0.717, 1.165) is 11.1 Å². The molecule has 0 saturated carbocycles. The first-order chi connectivity index (χ1) is 8.04. The van der Waals surface area contributed by atoms with Crippen LogP contribution in [0.2, 0.25) is 0 Å². The van der Waals surface area contributed by atoms with Crippen LogP contribution in [0.15, 0.2) is 24.3 Å². The number of aliphatic hydroxyl groups is 1. The van der Waals surface area contributed by atoms with E-state index >= 15 is 0 Å². The second kappa shape index (κ2) is 6.37. The predicted molar refractivity (Wildman–Crippen MR) is 67.4 cm³/mol. The summed E-state index contributed by atoms with van der Waals surface area (Å²) < 4.78 is 0. The van der Waals surface area contributed by atoms with Crippen LogP contribution in [0.3, 0.4) is 0 Å². The molecular weight excluding hydrogens is 216 g/mol. The molecule has 1 aromatic rings. The molecule has 1 unspecified atom stereocenters. The monoisotopic (exact) mass is 236 g/mol. The van der Waals surface area contributed by atoms with E-state index in [0.29, 0.717) is 6.54 Å². The van der Waals surface area contributed by atoms with Gasteiger partial charge in [0.05, 0.1) is 12.6 Å². The quantitative estimate of drug-likeness (QED) is 0.793. The summed E-state index contributed by atoms with van der Waals surface area (Å²) in [5.41, 5.74) is 1.95. The van der Waals surface area contributed by atoms with Gasteiger partial charge >= 0.3 is 0 Å². The number of likely N-dealkylation sites (N-methyl/N-ethyl adjacent to an activating group) is 1. The Kier molecular flexibility index (Phi) is 5.12. The van der Waals surface area contributed by atoms with Crippen LogP contribution in [0.25, 0.3) is 0 Å². The number of benzene rings is 1. The van der Waals surface area contributed by atoms with Crippen LogP contribution in [0.4, 0.5) is 0 Å². The molecular formula is C13H20N2O2. The molecule has 0 saturated heterocycles. The first kappa shape index (κ1) is 13.7. The molecule has 2 N–H and O–H groups in total. The first-order valence-electron chi connectivity index (χ1n) is 5.68. The Labute approximate surface area is 102 Å². The van der Waals surface area contributed by atoms with Crippen molar-refractivity contribution in [3.8, 4) is 0 Å². The van der Waals surface area contributed by atoms with Gasteiger partial charge < -0.3 is 15.3 Å². The molecule has 94 valence electrons. The van der Waals surface area contributed by atoms with Crippen molar-refractivity contribution in [3.63, 3.8) is 0 Å². The molecule has 0 fully saturated rings. The highest BCUT2D eigenvalue weighted by Gasteiger charge is 2.13. The summed E-state index contributed by atoms with van der Waals surface area (Å²) in [7, 11) is 3.49. The normalized spacial score (nSPS) is 12.2. The summed E-state index contributed by atoms with van der Waals surface area (Å²) in [6, 6.07) is 7.47. The van der Waals surface area contributed by atoms with Gasteiger partial charge in [0.25, 0.3) is 0 Å². The number of amides is 1. The zero-order chi connectivity index (χ0) is 12.8. The van der Waals surface area contributed by atoms with Gasteiger partial charge in [-0.1, -0.05) is 24.3 Å². The van der Waals surface area contributed by atoms with Gasteiger partial charge in [-0.25, -0.2) is 0 Å². The molecule has 4 nitrogen and oxygen atoms in total. The molecule has 1 rings (SSSR count). The molecule has 0 aliphatic rings. The van der Waals surface area contributed by atoms with Crippen LogP contribution < -0.4 is 5.32 Å². The molecule has 0 aromatic heterocycles. The third-order valence-corrected chi connectivity index (χ3v) is 2.60. The van der Waals surface area contributed by atoms with Crippen LogP contribution in [0.1, 0.15) is 18.1 Å². The van der Waals surface area contributed by atoms with Crippen molar-refractivity contribution < 1.29 is 9.90 Å². The summed E-state index contributed by atoms with van der Waals surface area (Å²) in [5.74, 6) is 0.0586. The molecule has 0 aliphatic carbocycles. The van der Waals surface area contributed by atoms with E-state index < -0.39 is 0 Å². The summed E-state index contributed by atoms with van der Waals surface area (Å²) in [6.45, 7) is 2.51. The lowest BCUT2D eigenvalue weighted by atomic mass is 10.1. The number of rotatable bonds is 5.